The lowest BCUT2D eigenvalue weighted by molar-refractivity contribution is -0.129. The topological polar surface area (TPSA) is 71.5 Å². The van der Waals surface area contributed by atoms with Gasteiger partial charge < -0.3 is 10.1 Å². The van der Waals surface area contributed by atoms with Gasteiger partial charge in [-0.05, 0) is 42.5 Å². The molecule has 0 unspecified atom stereocenters. The highest BCUT2D eigenvalue weighted by molar-refractivity contribution is 7.98. The molecule has 0 aliphatic carbocycles. The van der Waals surface area contributed by atoms with Crippen LogP contribution in [0, 0.1) is 0 Å². The van der Waals surface area contributed by atoms with Gasteiger partial charge >= 0.3 is 0 Å². The number of benzene rings is 2. The summed E-state index contributed by atoms with van der Waals surface area (Å²) >= 11 is 1.70. The minimum Gasteiger partial charge on any atom is -0.472 e. The molecule has 1 aromatic heterocycles. The highest BCUT2D eigenvalue weighted by atomic mass is 32.2. The highest BCUT2D eigenvalue weighted by Crippen LogP contribution is 2.36. The van der Waals surface area contributed by atoms with E-state index in [1.165, 1.54) is 9.80 Å². The van der Waals surface area contributed by atoms with Crippen LogP contribution in [0.15, 0.2) is 77.8 Å². The maximum atomic E-state index is 13.2. The number of pyridine rings is 1. The Hall–Kier alpha value is -3.32. The van der Waals surface area contributed by atoms with Crippen LogP contribution in [0.2, 0.25) is 0 Å². The molecular weight excluding hydrogens is 410 g/mol. The Balaban J connectivity index is 1.43. The summed E-state index contributed by atoms with van der Waals surface area (Å²) in [5.74, 6) is 0.305. The predicted octanol–water partition coefficient (Wildman–Crippen LogP) is 3.63. The number of nitrogens with zero attached hydrogens (tertiary/aromatic N) is 2. The number of carbonyl (C=O) groups excluding carboxylic acids is 2. The lowest BCUT2D eigenvalue weighted by atomic mass is 10.1. The Morgan fingerprint density at radius 3 is 2.61 bits per heavy atom. The molecule has 1 N–H and O–H groups in total. The van der Waals surface area contributed by atoms with Gasteiger partial charge in [-0.15, -0.1) is 11.8 Å². The van der Waals surface area contributed by atoms with Crippen LogP contribution in [-0.2, 0) is 16.0 Å². The van der Waals surface area contributed by atoms with Crippen LogP contribution >= 0.6 is 11.8 Å². The van der Waals surface area contributed by atoms with Gasteiger partial charge in [0.05, 0.1) is 0 Å². The van der Waals surface area contributed by atoms with Crippen molar-refractivity contribution in [2.24, 2.45) is 0 Å². The molecule has 31 heavy (non-hydrogen) atoms. The van der Waals surface area contributed by atoms with E-state index in [-0.39, 0.29) is 18.4 Å². The quantitative estimate of drug-likeness (QED) is 0.576. The van der Waals surface area contributed by atoms with E-state index in [1.807, 2.05) is 36.6 Å². The van der Waals surface area contributed by atoms with Gasteiger partial charge in [0, 0.05) is 23.2 Å². The second kappa shape index (κ2) is 9.66. The molecule has 158 valence electrons. The number of amides is 2. The van der Waals surface area contributed by atoms with E-state index in [9.17, 15) is 9.59 Å². The van der Waals surface area contributed by atoms with Gasteiger partial charge in [0.25, 0.3) is 5.91 Å². The van der Waals surface area contributed by atoms with Crippen molar-refractivity contribution in [1.29, 1.82) is 0 Å². The minimum absolute atomic E-state index is 0.110. The number of rotatable bonds is 7. The van der Waals surface area contributed by atoms with Crippen LogP contribution < -0.4 is 15.0 Å². The summed E-state index contributed by atoms with van der Waals surface area (Å²) in [6, 6.07) is 21.0. The molecule has 0 fully saturated rings. The number of ether oxygens (including phenoxy) is 1. The Kier molecular flexibility index (Phi) is 6.52. The van der Waals surface area contributed by atoms with E-state index in [4.69, 9.17) is 4.74 Å². The van der Waals surface area contributed by atoms with Crippen LogP contribution in [0.1, 0.15) is 17.2 Å². The predicted molar refractivity (Wildman–Crippen MR) is 121 cm³/mol. The summed E-state index contributed by atoms with van der Waals surface area (Å²) in [5, 5.41) is 2.91. The van der Waals surface area contributed by atoms with E-state index in [0.717, 1.165) is 17.5 Å². The lowest BCUT2D eigenvalue weighted by Gasteiger charge is -2.33. The largest absolute Gasteiger partial charge is 0.472 e. The van der Waals surface area contributed by atoms with E-state index in [1.54, 1.807) is 30.1 Å². The molecule has 0 bridgehead atoms. The van der Waals surface area contributed by atoms with Crippen molar-refractivity contribution < 1.29 is 14.3 Å². The van der Waals surface area contributed by atoms with Gasteiger partial charge in [-0.3, -0.25) is 14.5 Å². The number of hydrogen-bond acceptors (Lipinski definition) is 5. The minimum atomic E-state index is -0.805. The number of thioether (sulfide) groups is 1. The maximum absolute atomic E-state index is 13.2. The first-order valence-corrected chi connectivity index (χ1v) is 11.3. The number of hydrogen-bond donors (Lipinski definition) is 1. The molecule has 1 aliphatic rings. The molecule has 3 aromatic rings. The number of nitrogens with one attached hydrogen (secondary N) is 1. The van der Waals surface area contributed by atoms with E-state index in [0.29, 0.717) is 18.1 Å². The molecular formula is C24H23N3O3S. The van der Waals surface area contributed by atoms with Crippen LogP contribution in [0.4, 0.5) is 5.82 Å². The van der Waals surface area contributed by atoms with Crippen molar-refractivity contribution in [3.63, 3.8) is 0 Å². The second-order valence-corrected chi connectivity index (χ2v) is 7.99. The zero-order valence-electron chi connectivity index (χ0n) is 17.2. The van der Waals surface area contributed by atoms with Crippen LogP contribution in [0.5, 0.6) is 5.75 Å². The first-order valence-electron chi connectivity index (χ1n) is 10.0. The summed E-state index contributed by atoms with van der Waals surface area (Å²) in [5.41, 5.74) is 1.89. The maximum Gasteiger partial charge on any atom is 0.274 e. The fraction of sp³-hybridized carbons (Fsp3) is 0.208. The molecule has 6 nitrogen and oxygen atoms in total. The van der Waals surface area contributed by atoms with Gasteiger partial charge in [-0.2, -0.15) is 0 Å². The molecule has 2 amide bonds. The van der Waals surface area contributed by atoms with Crippen molar-refractivity contribution in [3.05, 3.63) is 84.1 Å². The Morgan fingerprint density at radius 1 is 1.10 bits per heavy atom. The van der Waals surface area contributed by atoms with Gasteiger partial charge in [-0.25, -0.2) is 4.98 Å². The lowest BCUT2D eigenvalue weighted by Crippen LogP contribution is -2.47. The van der Waals surface area contributed by atoms with Crippen molar-refractivity contribution >= 4 is 29.4 Å². The summed E-state index contributed by atoms with van der Waals surface area (Å²) in [7, 11) is 0. The molecule has 0 radical (unpaired) electrons. The first kappa shape index (κ1) is 20.9. The third-order valence-corrected chi connectivity index (χ3v) is 5.78. The third-order valence-electron chi connectivity index (χ3n) is 5.04. The molecule has 2 aromatic carbocycles. The van der Waals surface area contributed by atoms with Gasteiger partial charge in [0.15, 0.2) is 11.6 Å². The van der Waals surface area contributed by atoms with Crippen LogP contribution in [0.25, 0.3) is 0 Å². The molecule has 4 rings (SSSR count). The molecule has 0 saturated heterocycles. The van der Waals surface area contributed by atoms with Crippen molar-refractivity contribution in [1.82, 2.24) is 10.3 Å². The summed E-state index contributed by atoms with van der Waals surface area (Å²) in [6.45, 7) is 0.383. The zero-order chi connectivity index (χ0) is 21.6. The Labute approximate surface area is 185 Å². The molecule has 2 heterocycles. The normalized spacial score (nSPS) is 15.2. The van der Waals surface area contributed by atoms with Crippen molar-refractivity contribution in [2.45, 2.75) is 17.4 Å². The van der Waals surface area contributed by atoms with Crippen LogP contribution in [-0.4, -0.2) is 36.1 Å². The van der Waals surface area contributed by atoms with E-state index >= 15 is 0 Å². The van der Waals surface area contributed by atoms with Gasteiger partial charge in [0.2, 0.25) is 12.0 Å². The number of carbonyl (C=O) groups is 2. The number of fused-ring (bicyclic) bond motifs is 1. The average molecular weight is 434 g/mol. The standard InChI is InChI=1S/C24H23N3O3S/c1-31-19-11-9-17(10-12-19)13-15-25-21(28)16-27-23-20(8-5-14-26-23)30-22(24(27)29)18-6-3-2-4-7-18/h2-12,14,22H,13,15-16H2,1H3,(H,25,28)/t22-/m0/s1. The third kappa shape index (κ3) is 4.88. The van der Waals surface area contributed by atoms with Gasteiger partial charge in [-0.1, -0.05) is 42.5 Å². The van der Waals surface area contributed by atoms with Crippen molar-refractivity contribution in [3.8, 4) is 5.75 Å². The first-order chi connectivity index (χ1) is 15.2. The summed E-state index contributed by atoms with van der Waals surface area (Å²) in [6.07, 6.45) is 3.54. The summed E-state index contributed by atoms with van der Waals surface area (Å²) in [4.78, 5) is 32.7. The average Bonchev–Trinajstić information content (AvgIpc) is 2.82. The summed E-state index contributed by atoms with van der Waals surface area (Å²) < 4.78 is 5.91. The fourth-order valence-corrected chi connectivity index (χ4v) is 3.84. The smallest absolute Gasteiger partial charge is 0.274 e. The fourth-order valence-electron chi connectivity index (χ4n) is 3.43. The number of aromatic nitrogens is 1. The zero-order valence-corrected chi connectivity index (χ0v) is 18.0. The highest BCUT2D eigenvalue weighted by Gasteiger charge is 2.37. The molecule has 0 saturated carbocycles. The number of anilines is 1. The molecule has 0 spiro atoms. The van der Waals surface area contributed by atoms with E-state index in [2.05, 4.69) is 34.6 Å². The Bertz CT molecular complexity index is 1060. The second-order valence-electron chi connectivity index (χ2n) is 7.11. The van der Waals surface area contributed by atoms with E-state index < -0.39 is 6.10 Å². The van der Waals surface area contributed by atoms with Crippen molar-refractivity contribution in [2.75, 3.05) is 24.2 Å². The SMILES string of the molecule is CSc1ccc(CCNC(=O)CN2C(=O)[C@H](c3ccccc3)Oc3cccnc32)cc1. The molecule has 1 atom stereocenters. The molecule has 1 aliphatic heterocycles. The molecule has 7 heteroatoms. The monoisotopic (exact) mass is 433 g/mol. The van der Waals surface area contributed by atoms with Crippen LogP contribution in [0.3, 0.4) is 0 Å². The Morgan fingerprint density at radius 2 is 1.87 bits per heavy atom. The van der Waals surface area contributed by atoms with Gasteiger partial charge in [0.1, 0.15) is 6.54 Å².